The predicted octanol–water partition coefficient (Wildman–Crippen LogP) is 1.58. The molecule has 0 aliphatic heterocycles. The second kappa shape index (κ2) is 29.4. The SMILES string of the molecule is CSC.CSC.[B]. The molecule has 7 heavy (non-hydrogen) atoms. The molecule has 0 saturated carbocycles. The van der Waals surface area contributed by atoms with Crippen molar-refractivity contribution in [2.45, 2.75) is 0 Å². The first-order chi connectivity index (χ1) is 2.83. The van der Waals surface area contributed by atoms with Crippen molar-refractivity contribution in [2.75, 3.05) is 25.0 Å². The van der Waals surface area contributed by atoms with Crippen LogP contribution in [0.3, 0.4) is 0 Å². The first kappa shape index (κ1) is 15.7. The molecular weight excluding hydrogens is 123 g/mol. The lowest BCUT2D eigenvalue weighted by Crippen LogP contribution is -1.25. The van der Waals surface area contributed by atoms with Gasteiger partial charge in [-0.3, -0.25) is 0 Å². The Kier molecular flexibility index (Phi) is 65.8. The molecule has 0 N–H and O–H groups in total. The summed E-state index contributed by atoms with van der Waals surface area (Å²) < 4.78 is 0. The summed E-state index contributed by atoms with van der Waals surface area (Å²) in [5.41, 5.74) is 0. The molecule has 43 valence electrons. The Bertz CT molecular complexity index is 11.7. The Hall–Kier alpha value is 0.765. The third-order valence-electron chi connectivity index (χ3n) is 0. The lowest BCUT2D eigenvalue weighted by molar-refractivity contribution is 2.37. The van der Waals surface area contributed by atoms with E-state index >= 15 is 0 Å². The van der Waals surface area contributed by atoms with Gasteiger partial charge in [0, 0.05) is 8.41 Å². The Morgan fingerprint density at radius 1 is 0.714 bits per heavy atom. The van der Waals surface area contributed by atoms with E-state index in [0.29, 0.717) is 0 Å². The molecule has 3 heteroatoms. The first-order valence-electron chi connectivity index (χ1n) is 1.63. The predicted molar refractivity (Wildman–Crippen MR) is 44.6 cm³/mol. The molecule has 0 aromatic heterocycles. The zero-order chi connectivity index (χ0) is 5.41. The van der Waals surface area contributed by atoms with Gasteiger partial charge in [-0.1, -0.05) is 0 Å². The summed E-state index contributed by atoms with van der Waals surface area (Å²) in [6.07, 6.45) is 8.17. The van der Waals surface area contributed by atoms with Crippen molar-refractivity contribution in [2.24, 2.45) is 0 Å². The summed E-state index contributed by atoms with van der Waals surface area (Å²) >= 11 is 3.50. The summed E-state index contributed by atoms with van der Waals surface area (Å²) in [6.45, 7) is 0. The molecule has 0 unspecified atom stereocenters. The summed E-state index contributed by atoms with van der Waals surface area (Å²) in [7, 11) is 0. The van der Waals surface area contributed by atoms with Gasteiger partial charge in [-0.25, -0.2) is 0 Å². The number of rotatable bonds is 0. The van der Waals surface area contributed by atoms with E-state index in [9.17, 15) is 0 Å². The van der Waals surface area contributed by atoms with Crippen molar-refractivity contribution < 1.29 is 0 Å². The monoisotopic (exact) mass is 135 g/mol. The normalized spacial score (nSPS) is 5.14. The molecule has 0 aliphatic carbocycles. The van der Waals surface area contributed by atoms with E-state index in [0.717, 1.165) is 0 Å². The largest absolute Gasteiger partial charge is 0.169 e. The van der Waals surface area contributed by atoms with Crippen LogP contribution in [0.25, 0.3) is 0 Å². The molecule has 0 amide bonds. The van der Waals surface area contributed by atoms with Gasteiger partial charge >= 0.3 is 0 Å². The van der Waals surface area contributed by atoms with E-state index in [1.54, 1.807) is 23.5 Å². The van der Waals surface area contributed by atoms with E-state index < -0.39 is 0 Å². The van der Waals surface area contributed by atoms with Crippen molar-refractivity contribution in [3.8, 4) is 0 Å². The molecule has 0 aliphatic rings. The summed E-state index contributed by atoms with van der Waals surface area (Å²) in [5.74, 6) is 0. The van der Waals surface area contributed by atoms with Gasteiger partial charge in [0.25, 0.3) is 0 Å². The molecule has 0 spiro atoms. The second-order valence-corrected chi connectivity index (χ2v) is 2.45. The smallest absolute Gasteiger partial charge is 0 e. The minimum absolute atomic E-state index is 0. The van der Waals surface area contributed by atoms with Crippen LogP contribution < -0.4 is 0 Å². The zero-order valence-corrected chi connectivity index (χ0v) is 7.03. The second-order valence-electron chi connectivity index (χ2n) is 0.816. The van der Waals surface area contributed by atoms with E-state index in [-0.39, 0.29) is 8.41 Å². The Morgan fingerprint density at radius 2 is 0.714 bits per heavy atom. The number of hydrogen-bond donors (Lipinski definition) is 0. The molecule has 0 nitrogen and oxygen atoms in total. The van der Waals surface area contributed by atoms with Gasteiger partial charge in [-0.15, -0.1) is 0 Å². The topological polar surface area (TPSA) is 0 Å². The van der Waals surface area contributed by atoms with Gasteiger partial charge in [0.2, 0.25) is 0 Å². The van der Waals surface area contributed by atoms with Crippen LogP contribution in [0.1, 0.15) is 0 Å². The van der Waals surface area contributed by atoms with Crippen LogP contribution in [-0.2, 0) is 0 Å². The molecule has 0 aromatic carbocycles. The third kappa shape index (κ3) is 262. The maximum Gasteiger partial charge on any atom is 0 e. The maximum absolute atomic E-state index is 2.04. The van der Waals surface area contributed by atoms with Crippen LogP contribution in [0.4, 0.5) is 0 Å². The van der Waals surface area contributed by atoms with E-state index in [1.165, 1.54) is 0 Å². The zero-order valence-electron chi connectivity index (χ0n) is 5.39. The standard InChI is InChI=1S/2C2H6S.B/c2*1-3-2;/h2*1-2H3;. The van der Waals surface area contributed by atoms with Crippen molar-refractivity contribution in [3.05, 3.63) is 0 Å². The Morgan fingerprint density at radius 3 is 0.714 bits per heavy atom. The number of hydrogen-bond acceptors (Lipinski definition) is 2. The summed E-state index contributed by atoms with van der Waals surface area (Å²) in [4.78, 5) is 0. The van der Waals surface area contributed by atoms with Crippen LogP contribution in [-0.4, -0.2) is 33.4 Å². The fourth-order valence-electron chi connectivity index (χ4n) is 0. The minimum Gasteiger partial charge on any atom is -0.169 e. The van der Waals surface area contributed by atoms with Crippen molar-refractivity contribution >= 4 is 31.9 Å². The highest BCUT2D eigenvalue weighted by atomic mass is 32.2. The quantitative estimate of drug-likeness (QED) is 0.462. The van der Waals surface area contributed by atoms with Gasteiger partial charge < -0.3 is 0 Å². The average Bonchev–Trinajstić information content (AvgIpc) is 1.39. The molecule has 0 saturated heterocycles. The summed E-state index contributed by atoms with van der Waals surface area (Å²) in [6, 6.07) is 0. The molecular formula is C4H12BS2. The lowest BCUT2D eigenvalue weighted by Gasteiger charge is -1.51. The van der Waals surface area contributed by atoms with Gasteiger partial charge in [-0.2, -0.15) is 23.5 Å². The molecule has 0 fully saturated rings. The molecule has 0 rings (SSSR count). The van der Waals surface area contributed by atoms with Crippen molar-refractivity contribution in [1.29, 1.82) is 0 Å². The van der Waals surface area contributed by atoms with Crippen molar-refractivity contribution in [1.82, 2.24) is 0 Å². The Balaban J connectivity index is -0.0000000400. The Labute approximate surface area is 57.4 Å². The van der Waals surface area contributed by atoms with Gasteiger partial charge in [0.05, 0.1) is 0 Å². The molecule has 0 heterocycles. The van der Waals surface area contributed by atoms with Gasteiger partial charge in [0.15, 0.2) is 0 Å². The van der Waals surface area contributed by atoms with Crippen LogP contribution in [0.5, 0.6) is 0 Å². The number of thioether (sulfide) groups is 2. The molecule has 0 bridgehead atoms. The maximum atomic E-state index is 2.04. The highest BCUT2D eigenvalue weighted by Gasteiger charge is 1.33. The fraction of sp³-hybridized carbons (Fsp3) is 1.00. The van der Waals surface area contributed by atoms with E-state index in [2.05, 4.69) is 0 Å². The van der Waals surface area contributed by atoms with Crippen LogP contribution >= 0.6 is 23.5 Å². The molecule has 3 radical (unpaired) electrons. The van der Waals surface area contributed by atoms with E-state index in [4.69, 9.17) is 0 Å². The summed E-state index contributed by atoms with van der Waals surface area (Å²) in [5, 5.41) is 0. The minimum atomic E-state index is 0. The van der Waals surface area contributed by atoms with Crippen molar-refractivity contribution in [3.63, 3.8) is 0 Å². The van der Waals surface area contributed by atoms with Crippen LogP contribution in [0.2, 0.25) is 0 Å². The van der Waals surface area contributed by atoms with Crippen LogP contribution in [0.15, 0.2) is 0 Å². The average molecular weight is 135 g/mol. The van der Waals surface area contributed by atoms with Gasteiger partial charge in [0.1, 0.15) is 0 Å². The van der Waals surface area contributed by atoms with Gasteiger partial charge in [-0.05, 0) is 25.0 Å². The molecule has 0 atom stereocenters. The van der Waals surface area contributed by atoms with Crippen LogP contribution in [0, 0.1) is 0 Å². The fourth-order valence-corrected chi connectivity index (χ4v) is 0. The highest BCUT2D eigenvalue weighted by Crippen LogP contribution is 1.70. The third-order valence-corrected chi connectivity index (χ3v) is 0. The highest BCUT2D eigenvalue weighted by molar-refractivity contribution is 7.98. The lowest BCUT2D eigenvalue weighted by atomic mass is 10.8. The first-order valence-corrected chi connectivity index (χ1v) is 4.90. The molecule has 0 aromatic rings. The van der Waals surface area contributed by atoms with E-state index in [1.807, 2.05) is 25.0 Å².